The lowest BCUT2D eigenvalue weighted by Gasteiger charge is -2.40. The highest BCUT2D eigenvalue weighted by atomic mass is 32.2. The monoisotopic (exact) mass is 571 g/mol. The largest absolute Gasteiger partial charge is 0.457 e. The molecule has 1 aliphatic carbocycles. The Hall–Kier alpha value is -2.62. The van der Waals surface area contributed by atoms with Gasteiger partial charge in [-0.05, 0) is 80.0 Å². The van der Waals surface area contributed by atoms with E-state index in [1.54, 1.807) is 24.3 Å². The number of nitrogens with one attached hydrogen (secondary N) is 1. The van der Waals surface area contributed by atoms with E-state index in [4.69, 9.17) is 4.74 Å². The fourth-order valence-corrected chi connectivity index (χ4v) is 6.44. The predicted octanol–water partition coefficient (Wildman–Crippen LogP) is 5.38. The number of hydrogen-bond donors (Lipinski definition) is 2. The van der Waals surface area contributed by atoms with Gasteiger partial charge < -0.3 is 14.7 Å². The highest BCUT2D eigenvalue weighted by molar-refractivity contribution is 7.92. The van der Waals surface area contributed by atoms with E-state index < -0.39 is 16.1 Å². The SMILES string of the molecule is CCCCN(C(=O)[C@H](O)C1CCCCC1)C1CCN(Cc2ccc(Oc3ccc(NS(C)(=O)=O)cc3)cc2)CC1. The van der Waals surface area contributed by atoms with Gasteiger partial charge in [-0.3, -0.25) is 14.4 Å². The van der Waals surface area contributed by atoms with Gasteiger partial charge in [-0.15, -0.1) is 0 Å². The number of hydrogen-bond acceptors (Lipinski definition) is 6. The van der Waals surface area contributed by atoms with Gasteiger partial charge in [-0.25, -0.2) is 8.42 Å². The lowest BCUT2D eigenvalue weighted by Crippen LogP contribution is -2.52. The van der Waals surface area contributed by atoms with Gasteiger partial charge in [0.15, 0.2) is 0 Å². The molecule has 0 aromatic heterocycles. The first-order valence-corrected chi connectivity index (χ1v) is 16.7. The molecule has 1 aliphatic heterocycles. The lowest BCUT2D eigenvalue weighted by atomic mass is 9.84. The van der Waals surface area contributed by atoms with Crippen LogP contribution >= 0.6 is 0 Å². The maximum absolute atomic E-state index is 13.4. The quantitative estimate of drug-likeness (QED) is 0.355. The van der Waals surface area contributed by atoms with Gasteiger partial charge in [0, 0.05) is 37.9 Å². The number of carbonyl (C=O) groups excluding carboxylic acids is 1. The van der Waals surface area contributed by atoms with E-state index in [-0.39, 0.29) is 17.9 Å². The summed E-state index contributed by atoms with van der Waals surface area (Å²) < 4.78 is 31.1. The first-order chi connectivity index (χ1) is 19.2. The van der Waals surface area contributed by atoms with Crippen molar-refractivity contribution in [3.8, 4) is 11.5 Å². The molecule has 0 unspecified atom stereocenters. The second-order valence-electron chi connectivity index (χ2n) is 11.4. The third-order valence-corrected chi connectivity index (χ3v) is 8.71. The Morgan fingerprint density at radius 1 is 1.00 bits per heavy atom. The van der Waals surface area contributed by atoms with Crippen molar-refractivity contribution >= 4 is 21.6 Å². The summed E-state index contributed by atoms with van der Waals surface area (Å²) >= 11 is 0. The Morgan fingerprint density at radius 3 is 2.17 bits per heavy atom. The van der Waals surface area contributed by atoms with E-state index in [1.807, 2.05) is 17.0 Å². The molecule has 2 aliphatic rings. The fraction of sp³-hybridized carbons (Fsp3) is 0.581. The number of aliphatic hydroxyl groups is 1. The third kappa shape index (κ3) is 8.94. The average Bonchev–Trinajstić information content (AvgIpc) is 2.95. The van der Waals surface area contributed by atoms with Crippen LogP contribution in [0.1, 0.15) is 70.3 Å². The number of nitrogens with zero attached hydrogens (tertiary/aromatic N) is 2. The van der Waals surface area contributed by atoms with Crippen LogP contribution in [0.3, 0.4) is 0 Å². The summed E-state index contributed by atoms with van der Waals surface area (Å²) in [6, 6.07) is 15.0. The molecular weight excluding hydrogens is 526 g/mol. The minimum absolute atomic E-state index is 0.0457. The molecular formula is C31H45N3O5S. The topological polar surface area (TPSA) is 99.2 Å². The molecule has 0 radical (unpaired) electrons. The summed E-state index contributed by atoms with van der Waals surface area (Å²) in [6.07, 6.45) is 9.51. The van der Waals surface area contributed by atoms with Gasteiger partial charge in [0.05, 0.1) is 6.26 Å². The molecule has 4 rings (SSSR count). The molecule has 0 spiro atoms. The molecule has 220 valence electrons. The molecule has 1 saturated carbocycles. The number of unbranched alkanes of at least 4 members (excludes halogenated alkanes) is 1. The third-order valence-electron chi connectivity index (χ3n) is 8.11. The highest BCUT2D eigenvalue weighted by Crippen LogP contribution is 2.29. The number of rotatable bonds is 12. The van der Waals surface area contributed by atoms with Crippen molar-refractivity contribution < 1.29 is 23.1 Å². The minimum atomic E-state index is -3.31. The second-order valence-corrected chi connectivity index (χ2v) is 13.1. The van der Waals surface area contributed by atoms with Gasteiger partial charge in [-0.1, -0.05) is 44.7 Å². The maximum atomic E-state index is 13.4. The maximum Gasteiger partial charge on any atom is 0.251 e. The number of ether oxygens (including phenoxy) is 1. The lowest BCUT2D eigenvalue weighted by molar-refractivity contribution is -0.147. The number of anilines is 1. The number of likely N-dealkylation sites (tertiary alicyclic amines) is 1. The Morgan fingerprint density at radius 2 is 1.60 bits per heavy atom. The fourth-order valence-electron chi connectivity index (χ4n) is 5.87. The van der Waals surface area contributed by atoms with Crippen LogP contribution in [0.25, 0.3) is 0 Å². The molecule has 0 bridgehead atoms. The number of piperidine rings is 1. The van der Waals surface area contributed by atoms with Crippen molar-refractivity contribution in [1.29, 1.82) is 0 Å². The zero-order valence-corrected chi connectivity index (χ0v) is 24.7. The molecule has 9 heteroatoms. The Balaban J connectivity index is 1.27. The number of carbonyl (C=O) groups is 1. The van der Waals surface area contributed by atoms with Crippen LogP contribution in [0.5, 0.6) is 11.5 Å². The van der Waals surface area contributed by atoms with Crippen molar-refractivity contribution in [3.05, 3.63) is 54.1 Å². The van der Waals surface area contributed by atoms with Crippen molar-refractivity contribution in [3.63, 3.8) is 0 Å². The van der Waals surface area contributed by atoms with Crippen molar-refractivity contribution in [2.75, 3.05) is 30.6 Å². The van der Waals surface area contributed by atoms with Gasteiger partial charge >= 0.3 is 0 Å². The molecule has 2 fully saturated rings. The van der Waals surface area contributed by atoms with Gasteiger partial charge in [0.1, 0.15) is 17.6 Å². The number of sulfonamides is 1. The first kappa shape index (κ1) is 30.3. The van der Waals surface area contributed by atoms with E-state index in [1.165, 1.54) is 12.0 Å². The Labute approximate surface area is 239 Å². The van der Waals surface area contributed by atoms with E-state index >= 15 is 0 Å². The average molecular weight is 572 g/mol. The molecule has 1 heterocycles. The number of amides is 1. The summed E-state index contributed by atoms with van der Waals surface area (Å²) in [5, 5.41) is 10.9. The van der Waals surface area contributed by atoms with Crippen LogP contribution in [0.4, 0.5) is 5.69 Å². The van der Waals surface area contributed by atoms with Crippen LogP contribution in [0, 0.1) is 5.92 Å². The molecule has 8 nitrogen and oxygen atoms in total. The predicted molar refractivity (Wildman–Crippen MR) is 159 cm³/mol. The van der Waals surface area contributed by atoms with Gasteiger partial charge in [0.2, 0.25) is 10.0 Å². The molecule has 1 atom stereocenters. The highest BCUT2D eigenvalue weighted by Gasteiger charge is 2.35. The smallest absolute Gasteiger partial charge is 0.251 e. The zero-order valence-electron chi connectivity index (χ0n) is 23.9. The summed E-state index contributed by atoms with van der Waals surface area (Å²) in [7, 11) is -3.31. The van der Waals surface area contributed by atoms with Crippen molar-refractivity contribution in [2.45, 2.75) is 83.4 Å². The van der Waals surface area contributed by atoms with Crippen LogP contribution < -0.4 is 9.46 Å². The van der Waals surface area contributed by atoms with Gasteiger partial charge in [-0.2, -0.15) is 0 Å². The normalized spacial score (nSPS) is 18.3. The van der Waals surface area contributed by atoms with Crippen LogP contribution in [-0.2, 0) is 21.4 Å². The summed E-state index contributed by atoms with van der Waals surface area (Å²) in [4.78, 5) is 17.8. The van der Waals surface area contributed by atoms with E-state index in [0.29, 0.717) is 17.2 Å². The molecule has 1 saturated heterocycles. The van der Waals surface area contributed by atoms with Crippen molar-refractivity contribution in [1.82, 2.24) is 9.80 Å². The standard InChI is InChI=1S/C31H45N3O5S/c1-3-4-20-34(31(36)30(35)25-8-6-5-7-9-25)27-18-21-33(22-19-27)23-24-10-14-28(15-11-24)39-29-16-12-26(13-17-29)32-40(2,37)38/h10-17,25,27,30,32,35H,3-9,18-23H2,1-2H3/t30-/m1/s1. The van der Waals surface area contributed by atoms with E-state index in [0.717, 1.165) is 83.8 Å². The van der Waals surface area contributed by atoms with E-state index in [2.05, 4.69) is 28.7 Å². The van der Waals surface area contributed by atoms with Crippen LogP contribution in [-0.4, -0.2) is 67.3 Å². The summed E-state index contributed by atoms with van der Waals surface area (Å²) in [5.41, 5.74) is 1.69. The van der Waals surface area contributed by atoms with Gasteiger partial charge in [0.25, 0.3) is 5.91 Å². The van der Waals surface area contributed by atoms with E-state index in [9.17, 15) is 18.3 Å². The molecule has 1 amide bonds. The second kappa shape index (κ2) is 14.3. The van der Waals surface area contributed by atoms with Crippen LogP contribution in [0.15, 0.2) is 48.5 Å². The zero-order chi connectivity index (χ0) is 28.5. The van der Waals surface area contributed by atoms with Crippen molar-refractivity contribution in [2.24, 2.45) is 5.92 Å². The Bertz CT molecular complexity index is 1170. The first-order valence-electron chi connectivity index (χ1n) is 14.8. The number of aliphatic hydroxyl groups excluding tert-OH is 1. The molecule has 2 N–H and O–H groups in total. The Kier molecular flexibility index (Phi) is 10.9. The summed E-state index contributed by atoms with van der Waals surface area (Å²) in [6.45, 7) is 5.57. The minimum Gasteiger partial charge on any atom is -0.457 e. The molecule has 2 aromatic carbocycles. The summed E-state index contributed by atoms with van der Waals surface area (Å²) in [5.74, 6) is 1.42. The molecule has 40 heavy (non-hydrogen) atoms. The van der Waals surface area contributed by atoms with Crippen LogP contribution in [0.2, 0.25) is 0 Å². The number of benzene rings is 2. The molecule has 2 aromatic rings.